The van der Waals surface area contributed by atoms with Gasteiger partial charge in [-0.15, -0.1) is 0 Å². The third kappa shape index (κ3) is 5.29. The van der Waals surface area contributed by atoms with E-state index in [0.717, 1.165) is 49.3 Å². The van der Waals surface area contributed by atoms with E-state index in [0.29, 0.717) is 33.7 Å². The fraction of sp³-hybridized carbons (Fsp3) is 0.276. The summed E-state index contributed by atoms with van der Waals surface area (Å²) in [6.45, 7) is 8.11. The molecule has 0 amide bonds. The molecule has 1 N–H and O–H groups in total. The number of rotatable bonds is 7. The first kappa shape index (κ1) is 25.1. The van der Waals surface area contributed by atoms with Crippen LogP contribution in [0.15, 0.2) is 77.3 Å². The number of likely N-dealkylation sites (tertiary alicyclic amines) is 1. The highest BCUT2D eigenvalue weighted by molar-refractivity contribution is 6.30. The van der Waals surface area contributed by atoms with Gasteiger partial charge in [-0.25, -0.2) is 9.92 Å². The van der Waals surface area contributed by atoms with Crippen molar-refractivity contribution >= 4 is 29.2 Å². The van der Waals surface area contributed by atoms with Gasteiger partial charge in [0.1, 0.15) is 5.82 Å². The van der Waals surface area contributed by atoms with Crippen molar-refractivity contribution in [2.75, 3.05) is 19.6 Å². The first-order valence-electron chi connectivity index (χ1n) is 12.2. The van der Waals surface area contributed by atoms with Gasteiger partial charge in [-0.3, -0.25) is 9.89 Å². The molecule has 0 radical (unpaired) electrons. The second-order valence-electron chi connectivity index (χ2n) is 9.44. The van der Waals surface area contributed by atoms with Gasteiger partial charge in [-0.05, 0) is 68.2 Å². The minimum Gasteiger partial charge on any atom is -0.444 e. The van der Waals surface area contributed by atoms with Crippen molar-refractivity contribution in [1.82, 2.24) is 4.90 Å². The molecular formula is C29H28ClFN4O2. The van der Waals surface area contributed by atoms with Gasteiger partial charge in [0.05, 0.1) is 16.9 Å². The molecule has 8 heteroatoms. The molecule has 0 bridgehead atoms. The molecule has 2 aliphatic rings. The highest BCUT2D eigenvalue weighted by Gasteiger charge is 2.42. The zero-order valence-corrected chi connectivity index (χ0v) is 21.3. The van der Waals surface area contributed by atoms with Gasteiger partial charge in [-0.2, -0.15) is 5.11 Å². The third-order valence-corrected chi connectivity index (χ3v) is 7.19. The van der Waals surface area contributed by atoms with Crippen molar-refractivity contribution in [3.05, 3.63) is 94.8 Å². The molecule has 0 aliphatic carbocycles. The molecule has 6 nitrogen and oxygen atoms in total. The summed E-state index contributed by atoms with van der Waals surface area (Å²) in [5.74, 6) is -0.0574. The predicted octanol–water partition coefficient (Wildman–Crippen LogP) is 7.71. The molecule has 2 aliphatic heterocycles. The Morgan fingerprint density at radius 3 is 2.70 bits per heavy atom. The van der Waals surface area contributed by atoms with Crippen molar-refractivity contribution in [2.45, 2.75) is 31.5 Å². The minimum atomic E-state index is -1.25. The Kier molecular flexibility index (Phi) is 7.09. The number of aliphatic imine (C=N–C) groups is 1. The molecule has 0 spiro atoms. The summed E-state index contributed by atoms with van der Waals surface area (Å²) in [6.07, 6.45) is 3.86. The molecule has 2 heterocycles. The molecule has 1 fully saturated rings. The van der Waals surface area contributed by atoms with Crippen LogP contribution < -0.4 is 9.47 Å². The number of fused-ring (bicyclic) bond motifs is 1. The van der Waals surface area contributed by atoms with Gasteiger partial charge >= 0.3 is 0 Å². The van der Waals surface area contributed by atoms with Crippen molar-refractivity contribution in [3.63, 3.8) is 0 Å². The van der Waals surface area contributed by atoms with Crippen molar-refractivity contribution in [2.24, 2.45) is 10.1 Å². The van der Waals surface area contributed by atoms with E-state index in [9.17, 15) is 4.39 Å². The maximum absolute atomic E-state index is 14.7. The maximum atomic E-state index is 14.7. The topological polar surface area (TPSA) is 70.3 Å². The number of para-hydroxylation sites is 1. The average molecular weight is 519 g/mol. The minimum absolute atomic E-state index is 0.317. The van der Waals surface area contributed by atoms with Crippen LogP contribution in [0.3, 0.4) is 0 Å². The van der Waals surface area contributed by atoms with Crippen LogP contribution in [0.2, 0.25) is 5.02 Å². The average Bonchev–Trinajstić information content (AvgIpc) is 3.26. The Morgan fingerprint density at radius 2 is 1.95 bits per heavy atom. The molecule has 1 unspecified atom stereocenters. The van der Waals surface area contributed by atoms with Crippen LogP contribution in [0.25, 0.3) is 5.70 Å². The maximum Gasteiger partial charge on any atom is 0.278 e. The van der Waals surface area contributed by atoms with E-state index < -0.39 is 11.6 Å². The van der Waals surface area contributed by atoms with Crippen LogP contribution in [0.1, 0.15) is 42.4 Å². The zero-order valence-electron chi connectivity index (χ0n) is 20.6. The summed E-state index contributed by atoms with van der Waals surface area (Å²) in [6, 6.07) is 18.0. The van der Waals surface area contributed by atoms with Crippen molar-refractivity contribution in [1.29, 1.82) is 5.53 Å². The van der Waals surface area contributed by atoms with Gasteiger partial charge in [-0.1, -0.05) is 42.4 Å². The van der Waals surface area contributed by atoms with Gasteiger partial charge in [0.2, 0.25) is 0 Å². The fourth-order valence-electron chi connectivity index (χ4n) is 4.96. The lowest BCUT2D eigenvalue weighted by atomic mass is 9.88. The fourth-order valence-corrected chi connectivity index (χ4v) is 5.11. The van der Waals surface area contributed by atoms with E-state index in [2.05, 4.69) is 27.7 Å². The van der Waals surface area contributed by atoms with Gasteiger partial charge in [0, 0.05) is 35.8 Å². The second kappa shape index (κ2) is 10.4. The molecule has 3 aromatic rings. The summed E-state index contributed by atoms with van der Waals surface area (Å²) < 4.78 is 27.1. The highest BCUT2D eigenvalue weighted by Crippen LogP contribution is 2.49. The predicted molar refractivity (Wildman–Crippen MR) is 144 cm³/mol. The lowest BCUT2D eigenvalue weighted by molar-refractivity contribution is -0.0711. The standard InChI is InChI=1S/C29H28ClFN4O2/c1-19(34-32)21-5-3-6-23(17-21)33-13-16-35-14-11-20(12-15-35)24-7-4-8-27-28(24)37-29(2,36-27)25-10-9-22(30)18-26(25)31/h3-10,13,17-18,20,32H,1,11-12,14-16H2,2H3/b33-13+,34-32?. The lowest BCUT2D eigenvalue weighted by Crippen LogP contribution is -2.34. The van der Waals surface area contributed by atoms with E-state index in [4.69, 9.17) is 26.6 Å². The van der Waals surface area contributed by atoms with E-state index in [1.165, 1.54) is 6.07 Å². The first-order chi connectivity index (χ1) is 17.9. The molecule has 1 atom stereocenters. The van der Waals surface area contributed by atoms with E-state index in [-0.39, 0.29) is 0 Å². The summed E-state index contributed by atoms with van der Waals surface area (Å²) in [5.41, 5.74) is 10.6. The summed E-state index contributed by atoms with van der Waals surface area (Å²) in [7, 11) is 0. The Balaban J connectivity index is 1.22. The molecule has 37 heavy (non-hydrogen) atoms. The molecule has 5 rings (SSSR count). The second-order valence-corrected chi connectivity index (χ2v) is 9.88. The Labute approximate surface area is 220 Å². The van der Waals surface area contributed by atoms with Crippen LogP contribution in [-0.2, 0) is 5.79 Å². The molecular weight excluding hydrogens is 491 g/mol. The van der Waals surface area contributed by atoms with Crippen LogP contribution in [0.4, 0.5) is 10.1 Å². The number of nitrogens with one attached hydrogen (secondary N) is 1. The molecule has 1 saturated heterocycles. The molecule has 3 aromatic carbocycles. The highest BCUT2D eigenvalue weighted by atomic mass is 35.5. The lowest BCUT2D eigenvalue weighted by Gasteiger charge is -2.31. The number of hydrogen-bond donors (Lipinski definition) is 1. The number of benzene rings is 3. The Morgan fingerprint density at radius 1 is 1.16 bits per heavy atom. The van der Waals surface area contributed by atoms with E-state index in [1.54, 1.807) is 19.1 Å². The summed E-state index contributed by atoms with van der Waals surface area (Å²) in [4.78, 5) is 6.94. The summed E-state index contributed by atoms with van der Waals surface area (Å²) >= 11 is 5.94. The van der Waals surface area contributed by atoms with Crippen molar-refractivity contribution < 1.29 is 13.9 Å². The molecule has 0 aromatic heterocycles. The zero-order chi connectivity index (χ0) is 26.0. The largest absolute Gasteiger partial charge is 0.444 e. The number of piperidine rings is 1. The normalized spacial score (nSPS) is 19.9. The first-order valence-corrected chi connectivity index (χ1v) is 12.6. The third-order valence-electron chi connectivity index (χ3n) is 6.95. The number of halogens is 2. The van der Waals surface area contributed by atoms with E-state index >= 15 is 0 Å². The van der Waals surface area contributed by atoms with Gasteiger partial charge < -0.3 is 9.47 Å². The van der Waals surface area contributed by atoms with Crippen LogP contribution >= 0.6 is 11.6 Å². The smallest absolute Gasteiger partial charge is 0.278 e. The van der Waals surface area contributed by atoms with E-state index in [1.807, 2.05) is 42.6 Å². The monoisotopic (exact) mass is 518 g/mol. The number of ether oxygens (including phenoxy) is 2. The number of hydrogen-bond acceptors (Lipinski definition) is 6. The van der Waals surface area contributed by atoms with Crippen LogP contribution in [-0.4, -0.2) is 30.7 Å². The van der Waals surface area contributed by atoms with Crippen LogP contribution in [0.5, 0.6) is 11.5 Å². The molecule has 0 saturated carbocycles. The number of nitrogens with zero attached hydrogens (tertiary/aromatic N) is 3. The van der Waals surface area contributed by atoms with Gasteiger partial charge in [0.25, 0.3) is 5.79 Å². The van der Waals surface area contributed by atoms with Crippen molar-refractivity contribution in [3.8, 4) is 11.5 Å². The van der Waals surface area contributed by atoms with Crippen LogP contribution in [0, 0.1) is 11.3 Å². The quantitative estimate of drug-likeness (QED) is 0.257. The Bertz CT molecular complexity index is 1370. The summed E-state index contributed by atoms with van der Waals surface area (Å²) in [5, 5.41) is 3.73. The van der Waals surface area contributed by atoms with Gasteiger partial charge in [0.15, 0.2) is 11.5 Å². The molecule has 190 valence electrons. The Hall–Kier alpha value is -3.55. The SMILES string of the molecule is C=C(N=N)c1cccc(/N=C/CN2CCC(c3cccc4c3OC(C)(c3ccc(Cl)cc3F)O4)CC2)c1.